The Morgan fingerprint density at radius 1 is 1.33 bits per heavy atom. The first-order valence-corrected chi connectivity index (χ1v) is 8.08. The van der Waals surface area contributed by atoms with Gasteiger partial charge in [-0.05, 0) is 23.8 Å². The highest BCUT2D eigenvalue weighted by Crippen LogP contribution is 2.20. The summed E-state index contributed by atoms with van der Waals surface area (Å²) in [7, 11) is -1.87. The molecule has 7 heteroatoms. The van der Waals surface area contributed by atoms with E-state index in [1.807, 2.05) is 0 Å². The summed E-state index contributed by atoms with van der Waals surface area (Å²) < 4.78 is 28.3. The maximum Gasteiger partial charge on any atom is 0.244 e. The lowest BCUT2D eigenvalue weighted by atomic mass is 10.3. The predicted molar refractivity (Wildman–Crippen MR) is 78.8 cm³/mol. The van der Waals surface area contributed by atoms with Gasteiger partial charge in [-0.25, -0.2) is 8.42 Å². The van der Waals surface area contributed by atoms with E-state index >= 15 is 0 Å². The topological polar surface area (TPSA) is 75.4 Å². The Bertz CT molecular complexity index is 696. The van der Waals surface area contributed by atoms with E-state index in [0.29, 0.717) is 18.8 Å². The minimum atomic E-state index is -3.58. The molecular formula is C14H19N3O3S. The first kappa shape index (κ1) is 15.7. The fourth-order valence-electron chi connectivity index (χ4n) is 2.08. The van der Waals surface area contributed by atoms with Gasteiger partial charge in [0.2, 0.25) is 10.0 Å². The van der Waals surface area contributed by atoms with Crippen LogP contribution in [0.3, 0.4) is 0 Å². The van der Waals surface area contributed by atoms with Crippen LogP contribution in [0.15, 0.2) is 41.7 Å². The smallest absolute Gasteiger partial charge is 0.244 e. The number of hydrogen-bond acceptors (Lipinski definition) is 4. The van der Waals surface area contributed by atoms with Gasteiger partial charge in [0, 0.05) is 44.4 Å². The van der Waals surface area contributed by atoms with Crippen molar-refractivity contribution in [3.05, 3.63) is 48.0 Å². The monoisotopic (exact) mass is 309 g/mol. The minimum absolute atomic E-state index is 0.192. The molecule has 0 aliphatic rings. The number of hydrogen-bond donors (Lipinski definition) is 1. The molecule has 6 nitrogen and oxygen atoms in total. The fraction of sp³-hybridized carbons (Fsp3) is 0.357. The summed E-state index contributed by atoms with van der Waals surface area (Å²) in [4.78, 5) is 4.12. The summed E-state index contributed by atoms with van der Waals surface area (Å²) in [6.07, 6.45) is 4.81. The molecule has 0 amide bonds. The zero-order valence-corrected chi connectivity index (χ0v) is 12.9. The Kier molecular flexibility index (Phi) is 4.76. The average molecular weight is 309 g/mol. The number of aromatic nitrogens is 2. The maximum atomic E-state index is 12.7. The molecule has 0 saturated heterocycles. The number of nitrogens with zero attached hydrogens (tertiary/aromatic N) is 3. The predicted octanol–water partition coefficient (Wildman–Crippen LogP) is 1.12. The molecule has 2 aromatic rings. The quantitative estimate of drug-likeness (QED) is 0.868. The van der Waals surface area contributed by atoms with Gasteiger partial charge in [0.15, 0.2) is 0 Å². The van der Waals surface area contributed by atoms with Crippen LogP contribution in [-0.2, 0) is 30.2 Å². The van der Waals surface area contributed by atoms with Crippen molar-refractivity contribution in [3.8, 4) is 0 Å². The van der Waals surface area contributed by atoms with Crippen LogP contribution in [0.25, 0.3) is 0 Å². The molecular weight excluding hydrogens is 290 g/mol. The van der Waals surface area contributed by atoms with Crippen LogP contribution in [0.1, 0.15) is 18.2 Å². The summed E-state index contributed by atoms with van der Waals surface area (Å²) >= 11 is 0. The second kappa shape index (κ2) is 6.38. The fourth-order valence-corrected chi connectivity index (χ4v) is 3.62. The molecule has 2 aromatic heterocycles. The van der Waals surface area contributed by atoms with Crippen molar-refractivity contribution >= 4 is 10.0 Å². The molecule has 2 rings (SSSR count). The third-order valence-electron chi connectivity index (χ3n) is 3.34. The maximum absolute atomic E-state index is 12.7. The molecule has 0 atom stereocenters. The van der Waals surface area contributed by atoms with Gasteiger partial charge in [-0.1, -0.05) is 6.92 Å². The van der Waals surface area contributed by atoms with Crippen LogP contribution >= 0.6 is 0 Å². The van der Waals surface area contributed by atoms with E-state index in [1.54, 1.807) is 43.1 Å². The summed E-state index contributed by atoms with van der Waals surface area (Å²) in [6, 6.07) is 5.09. The lowest BCUT2D eigenvalue weighted by Gasteiger charge is -2.19. The SMILES string of the molecule is CCN(Cc1ccncc1)S(=O)(=O)c1cc(CO)n(C)c1. The van der Waals surface area contributed by atoms with E-state index < -0.39 is 10.0 Å². The van der Waals surface area contributed by atoms with E-state index in [0.717, 1.165) is 5.56 Å². The van der Waals surface area contributed by atoms with Gasteiger partial charge in [-0.3, -0.25) is 4.98 Å². The number of rotatable bonds is 6. The Morgan fingerprint density at radius 2 is 2.00 bits per heavy atom. The van der Waals surface area contributed by atoms with Crippen molar-refractivity contribution < 1.29 is 13.5 Å². The summed E-state index contributed by atoms with van der Waals surface area (Å²) in [6.45, 7) is 2.27. The first-order valence-electron chi connectivity index (χ1n) is 6.64. The van der Waals surface area contributed by atoms with Crippen molar-refractivity contribution in [2.75, 3.05) is 6.54 Å². The molecule has 0 spiro atoms. The van der Waals surface area contributed by atoms with Crippen molar-refractivity contribution in [2.45, 2.75) is 25.0 Å². The minimum Gasteiger partial charge on any atom is -0.390 e. The van der Waals surface area contributed by atoms with E-state index in [2.05, 4.69) is 4.98 Å². The van der Waals surface area contributed by atoms with Crippen molar-refractivity contribution in [1.82, 2.24) is 13.9 Å². The lowest BCUT2D eigenvalue weighted by molar-refractivity contribution is 0.272. The van der Waals surface area contributed by atoms with Crippen molar-refractivity contribution in [2.24, 2.45) is 7.05 Å². The number of sulfonamides is 1. The van der Waals surface area contributed by atoms with Gasteiger partial charge in [-0.15, -0.1) is 0 Å². The molecule has 0 aliphatic carbocycles. The standard InChI is InChI=1S/C14H19N3O3S/c1-3-17(9-12-4-6-15-7-5-12)21(19,20)14-8-13(11-18)16(2)10-14/h4-8,10,18H,3,9,11H2,1-2H3. The molecule has 0 aromatic carbocycles. The summed E-state index contributed by atoms with van der Waals surface area (Å²) in [5.41, 5.74) is 1.45. The number of aliphatic hydroxyl groups is 1. The second-order valence-corrected chi connectivity index (χ2v) is 6.66. The molecule has 21 heavy (non-hydrogen) atoms. The molecule has 0 bridgehead atoms. The van der Waals surface area contributed by atoms with Crippen molar-refractivity contribution in [1.29, 1.82) is 0 Å². The van der Waals surface area contributed by atoms with Crippen LogP contribution in [0.4, 0.5) is 0 Å². The van der Waals surface area contributed by atoms with E-state index in [1.165, 1.54) is 16.6 Å². The van der Waals surface area contributed by atoms with Crippen LogP contribution < -0.4 is 0 Å². The number of aliphatic hydroxyl groups excluding tert-OH is 1. The van der Waals surface area contributed by atoms with Gasteiger partial charge in [0.05, 0.1) is 6.61 Å². The Labute approximate surface area is 124 Å². The van der Waals surface area contributed by atoms with Gasteiger partial charge in [-0.2, -0.15) is 4.31 Å². The Hall–Kier alpha value is -1.70. The molecule has 0 aliphatic heterocycles. The van der Waals surface area contributed by atoms with Gasteiger partial charge in [0.1, 0.15) is 4.90 Å². The molecule has 1 N–H and O–H groups in total. The van der Waals surface area contributed by atoms with Gasteiger partial charge >= 0.3 is 0 Å². The normalized spacial score (nSPS) is 12.0. The van der Waals surface area contributed by atoms with Crippen LogP contribution in [0.5, 0.6) is 0 Å². The Balaban J connectivity index is 2.31. The van der Waals surface area contributed by atoms with Crippen molar-refractivity contribution in [3.63, 3.8) is 0 Å². The van der Waals surface area contributed by atoms with Crippen LogP contribution in [0, 0.1) is 0 Å². The molecule has 0 saturated carbocycles. The van der Waals surface area contributed by atoms with E-state index in [-0.39, 0.29) is 11.5 Å². The third kappa shape index (κ3) is 3.31. The molecule has 114 valence electrons. The number of aryl methyl sites for hydroxylation is 1. The first-order chi connectivity index (χ1) is 9.98. The summed E-state index contributed by atoms with van der Waals surface area (Å²) in [5.74, 6) is 0. The van der Waals surface area contributed by atoms with E-state index in [9.17, 15) is 13.5 Å². The third-order valence-corrected chi connectivity index (χ3v) is 5.23. The van der Waals surface area contributed by atoms with Gasteiger partial charge in [0.25, 0.3) is 0 Å². The zero-order valence-electron chi connectivity index (χ0n) is 12.1. The number of pyridine rings is 1. The summed E-state index contributed by atoms with van der Waals surface area (Å²) in [5, 5.41) is 9.19. The zero-order chi connectivity index (χ0) is 15.5. The largest absolute Gasteiger partial charge is 0.390 e. The molecule has 0 fully saturated rings. The highest BCUT2D eigenvalue weighted by atomic mass is 32.2. The van der Waals surface area contributed by atoms with Gasteiger partial charge < -0.3 is 9.67 Å². The highest BCUT2D eigenvalue weighted by Gasteiger charge is 2.25. The molecule has 2 heterocycles. The molecule has 0 radical (unpaired) electrons. The second-order valence-electron chi connectivity index (χ2n) is 4.72. The van der Waals surface area contributed by atoms with Crippen LogP contribution in [0.2, 0.25) is 0 Å². The molecule has 0 unspecified atom stereocenters. The van der Waals surface area contributed by atoms with E-state index in [4.69, 9.17) is 0 Å². The Morgan fingerprint density at radius 3 is 2.52 bits per heavy atom. The highest BCUT2D eigenvalue weighted by molar-refractivity contribution is 7.89. The lowest BCUT2D eigenvalue weighted by Crippen LogP contribution is -2.30. The van der Waals surface area contributed by atoms with Crippen LogP contribution in [-0.4, -0.2) is 33.9 Å². The average Bonchev–Trinajstić information content (AvgIpc) is 2.87.